The van der Waals surface area contributed by atoms with Gasteiger partial charge >= 0.3 is 5.97 Å². The summed E-state index contributed by atoms with van der Waals surface area (Å²) in [5.74, 6) is -0.406. The molecule has 0 saturated heterocycles. The van der Waals surface area contributed by atoms with E-state index in [4.69, 9.17) is 4.74 Å². The smallest absolute Gasteiger partial charge is 0.352 e. The predicted octanol–water partition coefficient (Wildman–Crippen LogP) is 4.32. The third kappa shape index (κ3) is 3.40. The zero-order valence-corrected chi connectivity index (χ0v) is 13.8. The fourth-order valence-corrected chi connectivity index (χ4v) is 2.75. The molecule has 3 aromatic rings. The van der Waals surface area contributed by atoms with Crippen LogP contribution in [0, 0.1) is 0 Å². The molecule has 0 atom stereocenters. The minimum absolute atomic E-state index is 0.220. The number of carbonyl (C=O) groups excluding carboxylic acids is 1. The second kappa shape index (κ2) is 6.81. The van der Waals surface area contributed by atoms with E-state index in [1.54, 1.807) is 0 Å². The van der Waals surface area contributed by atoms with Crippen LogP contribution >= 0.6 is 27.5 Å². The highest BCUT2D eigenvalue weighted by Crippen LogP contribution is 2.24. The molecular formula is C16H11BrN2O2S. The molecule has 6 heteroatoms. The molecule has 0 fully saturated rings. The molecule has 0 aliphatic rings. The number of benzene rings is 2. The fraction of sp³-hybridized carbons (Fsp3) is 0.0625. The molecule has 0 unspecified atom stereocenters. The van der Waals surface area contributed by atoms with Crippen molar-refractivity contribution in [3.8, 4) is 11.3 Å². The van der Waals surface area contributed by atoms with Crippen LogP contribution in [0.3, 0.4) is 0 Å². The summed E-state index contributed by atoms with van der Waals surface area (Å²) in [4.78, 5) is 12.7. The van der Waals surface area contributed by atoms with Crippen molar-refractivity contribution in [3.05, 3.63) is 69.5 Å². The monoisotopic (exact) mass is 374 g/mol. The minimum atomic E-state index is -0.406. The first kappa shape index (κ1) is 14.9. The van der Waals surface area contributed by atoms with Gasteiger partial charge in [0.25, 0.3) is 0 Å². The lowest BCUT2D eigenvalue weighted by Gasteiger charge is -2.04. The average molecular weight is 375 g/mol. The van der Waals surface area contributed by atoms with Crippen LogP contribution in [0.25, 0.3) is 11.3 Å². The molecule has 0 radical (unpaired) electrons. The van der Waals surface area contributed by atoms with Crippen LogP contribution in [0.15, 0.2) is 59.1 Å². The Hall–Kier alpha value is -2.05. The lowest BCUT2D eigenvalue weighted by atomic mass is 10.1. The van der Waals surface area contributed by atoms with E-state index in [9.17, 15) is 4.79 Å². The van der Waals surface area contributed by atoms with Crippen LogP contribution in [-0.2, 0) is 11.3 Å². The molecule has 4 nitrogen and oxygen atoms in total. The molecule has 0 spiro atoms. The van der Waals surface area contributed by atoms with E-state index in [2.05, 4.69) is 25.5 Å². The molecule has 0 aliphatic heterocycles. The van der Waals surface area contributed by atoms with Gasteiger partial charge in [-0.1, -0.05) is 62.9 Å². The Morgan fingerprint density at radius 1 is 1.09 bits per heavy atom. The van der Waals surface area contributed by atoms with Gasteiger partial charge in [-0.3, -0.25) is 0 Å². The lowest BCUT2D eigenvalue weighted by molar-refractivity contribution is 0.0479. The summed E-state index contributed by atoms with van der Waals surface area (Å²) in [7, 11) is 0. The third-order valence-corrected chi connectivity index (χ3v) is 4.24. The molecule has 0 saturated carbocycles. The third-order valence-electron chi connectivity index (χ3n) is 3.00. The van der Waals surface area contributed by atoms with Crippen molar-refractivity contribution in [2.75, 3.05) is 0 Å². The van der Waals surface area contributed by atoms with Crippen LogP contribution in [0.5, 0.6) is 0 Å². The molecule has 0 aliphatic carbocycles. The Morgan fingerprint density at radius 3 is 2.55 bits per heavy atom. The van der Waals surface area contributed by atoms with Crippen molar-refractivity contribution in [2.24, 2.45) is 0 Å². The van der Waals surface area contributed by atoms with Crippen LogP contribution in [-0.4, -0.2) is 15.6 Å². The standard InChI is InChI=1S/C16H11BrN2O2S/c17-13-8-6-11(7-9-13)10-21-16(20)15-14(18-19-22-15)12-4-2-1-3-5-12/h1-9H,10H2. The van der Waals surface area contributed by atoms with Gasteiger partial charge in [0, 0.05) is 10.0 Å². The van der Waals surface area contributed by atoms with E-state index in [1.807, 2.05) is 54.6 Å². The van der Waals surface area contributed by atoms with Gasteiger partial charge in [0.05, 0.1) is 0 Å². The summed E-state index contributed by atoms with van der Waals surface area (Å²) in [6.45, 7) is 0.220. The summed E-state index contributed by atoms with van der Waals surface area (Å²) in [6, 6.07) is 17.1. The van der Waals surface area contributed by atoms with E-state index >= 15 is 0 Å². The molecule has 1 aromatic heterocycles. The van der Waals surface area contributed by atoms with Crippen molar-refractivity contribution < 1.29 is 9.53 Å². The number of halogens is 1. The molecule has 1 heterocycles. The number of rotatable bonds is 4. The Labute approximate surface area is 140 Å². The quantitative estimate of drug-likeness (QED) is 0.637. The average Bonchev–Trinajstić information content (AvgIpc) is 3.04. The zero-order chi connectivity index (χ0) is 15.4. The number of nitrogens with zero attached hydrogens (tertiary/aromatic N) is 2. The number of carbonyl (C=O) groups is 1. The van der Waals surface area contributed by atoms with E-state index in [0.717, 1.165) is 27.1 Å². The summed E-state index contributed by atoms with van der Waals surface area (Å²) in [6.07, 6.45) is 0. The van der Waals surface area contributed by atoms with Gasteiger partial charge in [-0.25, -0.2) is 4.79 Å². The largest absolute Gasteiger partial charge is 0.457 e. The maximum atomic E-state index is 12.2. The second-order valence-electron chi connectivity index (χ2n) is 4.52. The van der Waals surface area contributed by atoms with E-state index in [0.29, 0.717) is 10.6 Å². The van der Waals surface area contributed by atoms with Crippen LogP contribution in [0.4, 0.5) is 0 Å². The van der Waals surface area contributed by atoms with Crippen LogP contribution < -0.4 is 0 Å². The van der Waals surface area contributed by atoms with Crippen molar-refractivity contribution in [3.63, 3.8) is 0 Å². The van der Waals surface area contributed by atoms with Gasteiger partial charge in [0.1, 0.15) is 12.3 Å². The maximum Gasteiger partial charge on any atom is 0.352 e. The van der Waals surface area contributed by atoms with Crippen LogP contribution in [0.1, 0.15) is 15.2 Å². The fourth-order valence-electron chi connectivity index (χ4n) is 1.90. The number of aromatic nitrogens is 2. The summed E-state index contributed by atoms with van der Waals surface area (Å²) < 4.78 is 10.2. The highest BCUT2D eigenvalue weighted by atomic mass is 79.9. The Balaban J connectivity index is 1.73. The predicted molar refractivity (Wildman–Crippen MR) is 88.6 cm³/mol. The van der Waals surface area contributed by atoms with Crippen molar-refractivity contribution in [1.82, 2.24) is 9.59 Å². The van der Waals surface area contributed by atoms with Crippen LogP contribution in [0.2, 0.25) is 0 Å². The topological polar surface area (TPSA) is 52.1 Å². The Bertz CT molecular complexity index is 772. The normalized spacial score (nSPS) is 10.4. The van der Waals surface area contributed by atoms with E-state index in [1.165, 1.54) is 0 Å². The number of hydrogen-bond donors (Lipinski definition) is 0. The molecule has 2 aromatic carbocycles. The van der Waals surface area contributed by atoms with Gasteiger partial charge in [0.2, 0.25) is 0 Å². The van der Waals surface area contributed by atoms with Crippen molar-refractivity contribution in [2.45, 2.75) is 6.61 Å². The lowest BCUT2D eigenvalue weighted by Crippen LogP contribution is -2.04. The molecule has 0 bridgehead atoms. The van der Waals surface area contributed by atoms with Gasteiger partial charge < -0.3 is 4.74 Å². The molecule has 3 rings (SSSR count). The molecule has 22 heavy (non-hydrogen) atoms. The number of esters is 1. The SMILES string of the molecule is O=C(OCc1ccc(Br)cc1)c1snnc1-c1ccccc1. The van der Waals surface area contributed by atoms with E-state index in [-0.39, 0.29) is 6.61 Å². The van der Waals surface area contributed by atoms with E-state index < -0.39 is 5.97 Å². The molecular weight excluding hydrogens is 364 g/mol. The number of hydrogen-bond acceptors (Lipinski definition) is 5. The van der Waals surface area contributed by atoms with Gasteiger partial charge in [-0.05, 0) is 29.2 Å². The van der Waals surface area contributed by atoms with Gasteiger partial charge in [-0.2, -0.15) is 0 Å². The highest BCUT2D eigenvalue weighted by molar-refractivity contribution is 9.10. The Morgan fingerprint density at radius 2 is 1.82 bits per heavy atom. The van der Waals surface area contributed by atoms with Crippen molar-refractivity contribution in [1.29, 1.82) is 0 Å². The first-order chi connectivity index (χ1) is 10.7. The second-order valence-corrected chi connectivity index (χ2v) is 6.19. The summed E-state index contributed by atoms with van der Waals surface area (Å²) in [5, 5.41) is 4.04. The maximum absolute atomic E-state index is 12.2. The Kier molecular flexibility index (Phi) is 4.60. The van der Waals surface area contributed by atoms with Gasteiger partial charge in [0.15, 0.2) is 4.88 Å². The first-order valence-corrected chi connectivity index (χ1v) is 8.10. The summed E-state index contributed by atoms with van der Waals surface area (Å²) >= 11 is 4.42. The molecule has 110 valence electrons. The number of ether oxygens (including phenoxy) is 1. The van der Waals surface area contributed by atoms with Crippen molar-refractivity contribution >= 4 is 33.4 Å². The zero-order valence-electron chi connectivity index (χ0n) is 11.4. The summed E-state index contributed by atoms with van der Waals surface area (Å²) in [5.41, 5.74) is 2.34. The van der Waals surface area contributed by atoms with Gasteiger partial charge in [-0.15, -0.1) is 5.10 Å². The molecule has 0 N–H and O–H groups in total. The minimum Gasteiger partial charge on any atom is -0.457 e. The first-order valence-electron chi connectivity index (χ1n) is 6.53. The molecule has 0 amide bonds. The highest BCUT2D eigenvalue weighted by Gasteiger charge is 2.19.